The highest BCUT2D eigenvalue weighted by atomic mass is 16.5. The second-order valence-electron chi connectivity index (χ2n) is 5.36. The lowest BCUT2D eigenvalue weighted by Crippen LogP contribution is -2.33. The number of hydrogen-bond acceptors (Lipinski definition) is 3. The van der Waals surface area contributed by atoms with E-state index >= 15 is 0 Å². The van der Waals surface area contributed by atoms with Gasteiger partial charge in [0.1, 0.15) is 0 Å². The molecule has 1 rings (SSSR count). The second kappa shape index (κ2) is 9.86. The zero-order valence-corrected chi connectivity index (χ0v) is 11.7. The molecular weight excluding hydrogens is 212 g/mol. The van der Waals surface area contributed by atoms with Crippen molar-refractivity contribution >= 4 is 0 Å². The highest BCUT2D eigenvalue weighted by Crippen LogP contribution is 2.21. The minimum atomic E-state index is 0.832. The molecule has 1 N–H and O–H groups in total. The highest BCUT2D eigenvalue weighted by molar-refractivity contribution is 4.67. The Morgan fingerprint density at radius 3 is 2.47 bits per heavy atom. The van der Waals surface area contributed by atoms with Gasteiger partial charge in [0.2, 0.25) is 0 Å². The van der Waals surface area contributed by atoms with E-state index in [-0.39, 0.29) is 0 Å². The maximum atomic E-state index is 5.07. The Hall–Kier alpha value is -0.120. The number of likely N-dealkylation sites (N-methyl/N-ethyl adjacent to an activating group) is 1. The molecule has 3 heteroatoms. The van der Waals surface area contributed by atoms with Gasteiger partial charge in [-0.25, -0.2) is 0 Å². The lowest BCUT2D eigenvalue weighted by molar-refractivity contribution is 0.161. The standard InChI is InChI=1S/C14H30N2O/c1-16(11-12-17-2)10-9-15-13-14-7-5-3-4-6-8-14/h14-15H,3-13H2,1-2H3. The first-order valence-corrected chi connectivity index (χ1v) is 7.21. The third-order valence-electron chi connectivity index (χ3n) is 3.76. The summed E-state index contributed by atoms with van der Waals surface area (Å²) in [5.41, 5.74) is 0. The van der Waals surface area contributed by atoms with Crippen LogP contribution >= 0.6 is 0 Å². The van der Waals surface area contributed by atoms with Gasteiger partial charge >= 0.3 is 0 Å². The molecule has 1 aliphatic carbocycles. The van der Waals surface area contributed by atoms with Crippen LogP contribution in [0, 0.1) is 5.92 Å². The summed E-state index contributed by atoms with van der Waals surface area (Å²) in [5, 5.41) is 3.61. The average molecular weight is 242 g/mol. The topological polar surface area (TPSA) is 24.5 Å². The fourth-order valence-corrected chi connectivity index (χ4v) is 2.50. The van der Waals surface area contributed by atoms with Crippen molar-refractivity contribution in [2.24, 2.45) is 5.92 Å². The summed E-state index contributed by atoms with van der Waals surface area (Å²) >= 11 is 0. The Balaban J connectivity index is 1.95. The average Bonchev–Trinajstić information content (AvgIpc) is 2.60. The molecule has 3 nitrogen and oxygen atoms in total. The van der Waals surface area contributed by atoms with Crippen molar-refractivity contribution in [2.45, 2.75) is 38.5 Å². The van der Waals surface area contributed by atoms with E-state index in [1.54, 1.807) is 7.11 Å². The van der Waals surface area contributed by atoms with Crippen LogP contribution in [-0.2, 0) is 4.74 Å². The van der Waals surface area contributed by atoms with E-state index < -0.39 is 0 Å². The van der Waals surface area contributed by atoms with Gasteiger partial charge in [0.05, 0.1) is 6.61 Å². The van der Waals surface area contributed by atoms with Crippen molar-refractivity contribution in [1.82, 2.24) is 10.2 Å². The molecular formula is C14H30N2O. The summed E-state index contributed by atoms with van der Waals surface area (Å²) in [6.07, 6.45) is 8.67. The van der Waals surface area contributed by atoms with Crippen LogP contribution in [0.4, 0.5) is 0 Å². The molecule has 1 saturated carbocycles. The smallest absolute Gasteiger partial charge is 0.0589 e. The summed E-state index contributed by atoms with van der Waals surface area (Å²) < 4.78 is 5.07. The van der Waals surface area contributed by atoms with Crippen molar-refractivity contribution in [2.75, 3.05) is 46.9 Å². The number of nitrogens with zero attached hydrogens (tertiary/aromatic N) is 1. The Morgan fingerprint density at radius 2 is 1.82 bits per heavy atom. The number of rotatable bonds is 8. The van der Waals surface area contributed by atoms with E-state index in [1.165, 1.54) is 45.1 Å². The van der Waals surface area contributed by atoms with E-state index in [0.717, 1.165) is 32.2 Å². The molecule has 0 radical (unpaired) electrons. The first-order chi connectivity index (χ1) is 8.33. The van der Waals surface area contributed by atoms with Gasteiger partial charge in [-0.15, -0.1) is 0 Å². The number of nitrogens with one attached hydrogen (secondary N) is 1. The van der Waals surface area contributed by atoms with E-state index in [4.69, 9.17) is 4.74 Å². The van der Waals surface area contributed by atoms with Gasteiger partial charge in [0, 0.05) is 26.7 Å². The van der Waals surface area contributed by atoms with E-state index in [9.17, 15) is 0 Å². The molecule has 1 fully saturated rings. The lowest BCUT2D eigenvalue weighted by atomic mass is 10.0. The van der Waals surface area contributed by atoms with Gasteiger partial charge in [-0.1, -0.05) is 25.7 Å². The van der Waals surface area contributed by atoms with E-state index in [1.807, 2.05) is 0 Å². The van der Waals surface area contributed by atoms with Gasteiger partial charge in [-0.2, -0.15) is 0 Å². The van der Waals surface area contributed by atoms with Crippen LogP contribution in [0.3, 0.4) is 0 Å². The quantitative estimate of drug-likeness (QED) is 0.521. The lowest BCUT2D eigenvalue weighted by Gasteiger charge is -2.18. The maximum absolute atomic E-state index is 5.07. The van der Waals surface area contributed by atoms with Crippen LogP contribution in [0.5, 0.6) is 0 Å². The van der Waals surface area contributed by atoms with Crippen molar-refractivity contribution in [3.63, 3.8) is 0 Å². The minimum Gasteiger partial charge on any atom is -0.383 e. The van der Waals surface area contributed by atoms with Crippen molar-refractivity contribution < 1.29 is 4.74 Å². The predicted octanol–water partition coefficient (Wildman–Crippen LogP) is 2.12. The van der Waals surface area contributed by atoms with Crippen molar-refractivity contribution in [1.29, 1.82) is 0 Å². The van der Waals surface area contributed by atoms with Crippen LogP contribution in [0.1, 0.15) is 38.5 Å². The van der Waals surface area contributed by atoms with E-state index in [0.29, 0.717) is 0 Å². The minimum absolute atomic E-state index is 0.832. The first kappa shape index (κ1) is 14.9. The van der Waals surface area contributed by atoms with Crippen LogP contribution in [0.2, 0.25) is 0 Å². The van der Waals surface area contributed by atoms with Gasteiger partial charge in [-0.3, -0.25) is 0 Å². The van der Waals surface area contributed by atoms with Gasteiger partial charge in [-0.05, 0) is 32.4 Å². The van der Waals surface area contributed by atoms with Crippen molar-refractivity contribution in [3.8, 4) is 0 Å². The fraction of sp³-hybridized carbons (Fsp3) is 1.00. The molecule has 0 saturated heterocycles. The molecule has 0 atom stereocenters. The largest absolute Gasteiger partial charge is 0.383 e. The van der Waals surface area contributed by atoms with Gasteiger partial charge in [0.25, 0.3) is 0 Å². The molecule has 0 heterocycles. The summed E-state index contributed by atoms with van der Waals surface area (Å²) in [6.45, 7) is 5.31. The Labute approximate surface area is 107 Å². The molecule has 0 aliphatic heterocycles. The SMILES string of the molecule is COCCN(C)CCNCC1CCCCCC1. The van der Waals surface area contributed by atoms with Crippen LogP contribution in [0.25, 0.3) is 0 Å². The fourth-order valence-electron chi connectivity index (χ4n) is 2.50. The zero-order valence-electron chi connectivity index (χ0n) is 11.7. The molecule has 17 heavy (non-hydrogen) atoms. The van der Waals surface area contributed by atoms with Crippen LogP contribution in [0.15, 0.2) is 0 Å². The van der Waals surface area contributed by atoms with E-state index in [2.05, 4.69) is 17.3 Å². The third kappa shape index (κ3) is 7.74. The first-order valence-electron chi connectivity index (χ1n) is 7.21. The van der Waals surface area contributed by atoms with Gasteiger partial charge in [0.15, 0.2) is 0 Å². The second-order valence-corrected chi connectivity index (χ2v) is 5.36. The Morgan fingerprint density at radius 1 is 1.12 bits per heavy atom. The summed E-state index contributed by atoms with van der Waals surface area (Å²) in [4.78, 5) is 2.32. The molecule has 1 aliphatic rings. The van der Waals surface area contributed by atoms with Gasteiger partial charge < -0.3 is 15.0 Å². The monoisotopic (exact) mass is 242 g/mol. The molecule has 0 spiro atoms. The predicted molar refractivity (Wildman–Crippen MR) is 73.4 cm³/mol. The van der Waals surface area contributed by atoms with Crippen molar-refractivity contribution in [3.05, 3.63) is 0 Å². The Bertz CT molecular complexity index is 168. The molecule has 0 bridgehead atoms. The highest BCUT2D eigenvalue weighted by Gasteiger charge is 2.11. The zero-order chi connectivity index (χ0) is 12.3. The summed E-state index contributed by atoms with van der Waals surface area (Å²) in [6, 6.07) is 0. The molecule has 0 aromatic heterocycles. The molecule has 0 unspecified atom stereocenters. The summed E-state index contributed by atoms with van der Waals surface area (Å²) in [7, 11) is 3.92. The Kier molecular flexibility index (Phi) is 8.67. The van der Waals surface area contributed by atoms with Crippen LogP contribution < -0.4 is 5.32 Å². The number of ether oxygens (including phenoxy) is 1. The molecule has 0 aromatic carbocycles. The maximum Gasteiger partial charge on any atom is 0.0589 e. The normalized spacial score (nSPS) is 18.5. The molecule has 102 valence electrons. The molecule has 0 amide bonds. The number of methoxy groups -OCH3 is 1. The third-order valence-corrected chi connectivity index (χ3v) is 3.76. The number of hydrogen-bond donors (Lipinski definition) is 1. The molecule has 0 aromatic rings. The van der Waals surface area contributed by atoms with Crippen LogP contribution in [-0.4, -0.2) is 51.8 Å². The summed E-state index contributed by atoms with van der Waals surface area (Å²) in [5.74, 6) is 0.932.